The monoisotopic (exact) mass is 171 g/mol. The summed E-state index contributed by atoms with van der Waals surface area (Å²) in [6.45, 7) is 6.29. The van der Waals surface area contributed by atoms with Crippen LogP contribution >= 0.6 is 0 Å². The summed E-state index contributed by atoms with van der Waals surface area (Å²) in [7, 11) is 0. The topological polar surface area (TPSA) is 32.3 Å². The smallest absolute Gasteiger partial charge is 0.0621 e. The predicted molar refractivity (Wildman–Crippen MR) is 51.2 cm³/mol. The van der Waals surface area contributed by atoms with Gasteiger partial charge < -0.3 is 10.4 Å². The van der Waals surface area contributed by atoms with Gasteiger partial charge in [-0.15, -0.1) is 0 Å². The van der Waals surface area contributed by atoms with Crippen molar-refractivity contribution in [1.82, 2.24) is 5.32 Å². The van der Waals surface area contributed by atoms with Crippen LogP contribution in [0.2, 0.25) is 0 Å². The molecule has 1 saturated carbocycles. The Bertz CT molecular complexity index is 133. The van der Waals surface area contributed by atoms with E-state index in [4.69, 9.17) is 0 Å². The molecule has 0 unspecified atom stereocenters. The first-order valence-electron chi connectivity index (χ1n) is 4.98. The van der Waals surface area contributed by atoms with E-state index >= 15 is 0 Å². The average molecular weight is 171 g/mol. The highest BCUT2D eigenvalue weighted by molar-refractivity contribution is 4.85. The van der Waals surface area contributed by atoms with Gasteiger partial charge >= 0.3 is 0 Å². The van der Waals surface area contributed by atoms with E-state index in [0.717, 1.165) is 25.7 Å². The van der Waals surface area contributed by atoms with E-state index in [1.165, 1.54) is 0 Å². The van der Waals surface area contributed by atoms with Gasteiger partial charge in [0.2, 0.25) is 0 Å². The Balaban J connectivity index is 2.27. The maximum absolute atomic E-state index is 9.70. The number of nitrogens with one attached hydrogen (secondary N) is 1. The van der Waals surface area contributed by atoms with Crippen molar-refractivity contribution in [3.8, 4) is 0 Å². The van der Waals surface area contributed by atoms with Gasteiger partial charge in [0.25, 0.3) is 0 Å². The summed E-state index contributed by atoms with van der Waals surface area (Å²) < 4.78 is 0. The van der Waals surface area contributed by atoms with Crippen molar-refractivity contribution in [1.29, 1.82) is 0 Å². The number of hydrogen-bond acceptors (Lipinski definition) is 2. The van der Waals surface area contributed by atoms with Gasteiger partial charge in [-0.2, -0.15) is 0 Å². The Hall–Kier alpha value is -0.0800. The lowest BCUT2D eigenvalue weighted by Gasteiger charge is -2.34. The zero-order valence-electron chi connectivity index (χ0n) is 8.43. The lowest BCUT2D eigenvalue weighted by Crippen LogP contribution is -2.42. The fraction of sp³-hybridized carbons (Fsp3) is 1.00. The average Bonchev–Trinajstić information content (AvgIpc) is 1.93. The lowest BCUT2D eigenvalue weighted by atomic mass is 9.83. The molecule has 0 radical (unpaired) electrons. The first-order valence-corrected chi connectivity index (χ1v) is 4.98. The molecule has 2 heteroatoms. The van der Waals surface area contributed by atoms with Gasteiger partial charge in [-0.05, 0) is 32.6 Å². The van der Waals surface area contributed by atoms with Gasteiger partial charge in [-0.1, -0.05) is 13.8 Å². The molecule has 0 aromatic heterocycles. The van der Waals surface area contributed by atoms with Crippen LogP contribution < -0.4 is 5.32 Å². The van der Waals surface area contributed by atoms with Crippen molar-refractivity contribution < 1.29 is 5.11 Å². The first kappa shape index (κ1) is 10.0. The Morgan fingerprint density at radius 3 is 2.25 bits per heavy atom. The van der Waals surface area contributed by atoms with Gasteiger partial charge in [-0.25, -0.2) is 0 Å². The molecule has 0 aliphatic heterocycles. The summed E-state index contributed by atoms with van der Waals surface area (Å²) in [5, 5.41) is 13.2. The van der Waals surface area contributed by atoms with Crippen molar-refractivity contribution in [3.63, 3.8) is 0 Å². The molecular weight excluding hydrogens is 150 g/mol. The van der Waals surface area contributed by atoms with Crippen LogP contribution in [0.5, 0.6) is 0 Å². The highest BCUT2D eigenvalue weighted by atomic mass is 16.3. The molecule has 0 bridgehead atoms. The molecule has 2 N–H and O–H groups in total. The quantitative estimate of drug-likeness (QED) is 0.662. The molecule has 12 heavy (non-hydrogen) atoms. The van der Waals surface area contributed by atoms with E-state index in [2.05, 4.69) is 19.2 Å². The number of aliphatic hydroxyl groups is 1. The summed E-state index contributed by atoms with van der Waals surface area (Å²) in [4.78, 5) is 0. The second-order valence-electron chi connectivity index (χ2n) is 4.59. The van der Waals surface area contributed by atoms with E-state index in [0.29, 0.717) is 12.1 Å². The predicted octanol–water partition coefficient (Wildman–Crippen LogP) is 1.68. The third-order valence-electron chi connectivity index (χ3n) is 2.63. The molecule has 1 fully saturated rings. The van der Waals surface area contributed by atoms with Crippen molar-refractivity contribution in [2.45, 2.75) is 64.1 Å². The molecule has 2 nitrogen and oxygen atoms in total. The molecule has 0 spiro atoms. The fourth-order valence-corrected chi connectivity index (χ4v) is 1.88. The fourth-order valence-electron chi connectivity index (χ4n) is 1.88. The highest BCUT2D eigenvalue weighted by Gasteiger charge is 2.28. The van der Waals surface area contributed by atoms with Crippen molar-refractivity contribution >= 4 is 0 Å². The van der Waals surface area contributed by atoms with Gasteiger partial charge in [-0.3, -0.25) is 0 Å². The maximum Gasteiger partial charge on any atom is 0.0621 e. The third kappa shape index (κ3) is 3.11. The minimum atomic E-state index is -0.394. The molecule has 0 amide bonds. The first-order chi connectivity index (χ1) is 5.49. The summed E-state index contributed by atoms with van der Waals surface area (Å²) in [6.07, 6.45) is 4.12. The minimum Gasteiger partial charge on any atom is -0.390 e. The summed E-state index contributed by atoms with van der Waals surface area (Å²) >= 11 is 0. The van der Waals surface area contributed by atoms with Crippen LogP contribution in [0.25, 0.3) is 0 Å². The number of rotatable bonds is 2. The molecule has 1 aliphatic rings. The SMILES string of the molecule is CC(C)N[C@H]1CC[C@@](C)(O)CC1. The molecule has 0 heterocycles. The molecule has 1 rings (SSSR count). The normalized spacial score (nSPS) is 37.2. The van der Waals surface area contributed by atoms with Crippen molar-refractivity contribution in [2.75, 3.05) is 0 Å². The zero-order valence-corrected chi connectivity index (χ0v) is 8.43. The van der Waals surface area contributed by atoms with Crippen LogP contribution in [0.1, 0.15) is 46.5 Å². The summed E-state index contributed by atoms with van der Waals surface area (Å²) in [5.41, 5.74) is -0.394. The summed E-state index contributed by atoms with van der Waals surface area (Å²) in [5.74, 6) is 0. The van der Waals surface area contributed by atoms with Crippen LogP contribution in [0.15, 0.2) is 0 Å². The molecule has 0 saturated heterocycles. The molecule has 0 aromatic rings. The second-order valence-corrected chi connectivity index (χ2v) is 4.59. The number of hydrogen-bond donors (Lipinski definition) is 2. The van der Waals surface area contributed by atoms with E-state index in [9.17, 15) is 5.11 Å². The molecule has 0 atom stereocenters. The molecular formula is C10H21NO. The zero-order chi connectivity index (χ0) is 9.19. The van der Waals surface area contributed by atoms with Gasteiger partial charge in [0.15, 0.2) is 0 Å². The Kier molecular flexibility index (Phi) is 3.13. The van der Waals surface area contributed by atoms with Crippen LogP contribution in [0.3, 0.4) is 0 Å². The Labute approximate surface area is 75.4 Å². The van der Waals surface area contributed by atoms with Crippen LogP contribution in [-0.4, -0.2) is 22.8 Å². The standard InChI is InChI=1S/C10H21NO/c1-8(2)11-9-4-6-10(3,12)7-5-9/h8-9,11-12H,4-7H2,1-3H3/t9-,10+. The largest absolute Gasteiger partial charge is 0.390 e. The molecule has 1 aliphatic carbocycles. The summed E-state index contributed by atoms with van der Waals surface area (Å²) in [6, 6.07) is 1.20. The third-order valence-corrected chi connectivity index (χ3v) is 2.63. The Morgan fingerprint density at radius 2 is 1.83 bits per heavy atom. The molecule has 72 valence electrons. The van der Waals surface area contributed by atoms with E-state index in [1.54, 1.807) is 0 Å². The van der Waals surface area contributed by atoms with Crippen molar-refractivity contribution in [3.05, 3.63) is 0 Å². The van der Waals surface area contributed by atoms with E-state index in [1.807, 2.05) is 6.92 Å². The van der Waals surface area contributed by atoms with E-state index < -0.39 is 5.60 Å². The highest BCUT2D eigenvalue weighted by Crippen LogP contribution is 2.27. The maximum atomic E-state index is 9.70. The lowest BCUT2D eigenvalue weighted by molar-refractivity contribution is 0.0133. The van der Waals surface area contributed by atoms with Crippen LogP contribution in [0, 0.1) is 0 Å². The van der Waals surface area contributed by atoms with E-state index in [-0.39, 0.29) is 0 Å². The second kappa shape index (κ2) is 3.75. The molecule has 0 aromatic carbocycles. The van der Waals surface area contributed by atoms with Gasteiger partial charge in [0.1, 0.15) is 0 Å². The van der Waals surface area contributed by atoms with Crippen LogP contribution in [-0.2, 0) is 0 Å². The van der Waals surface area contributed by atoms with Gasteiger partial charge in [0, 0.05) is 12.1 Å². The Morgan fingerprint density at radius 1 is 1.33 bits per heavy atom. The van der Waals surface area contributed by atoms with Crippen molar-refractivity contribution in [2.24, 2.45) is 0 Å². The van der Waals surface area contributed by atoms with Crippen LogP contribution in [0.4, 0.5) is 0 Å². The van der Waals surface area contributed by atoms with Gasteiger partial charge in [0.05, 0.1) is 5.60 Å². The minimum absolute atomic E-state index is 0.394.